The molecule has 1 nitrogen and oxygen atoms in total. The highest BCUT2D eigenvalue weighted by Gasteiger charge is 2.23. The molecule has 0 bridgehead atoms. The largest absolute Gasteiger partial charge is 0.199 e. The van der Waals surface area contributed by atoms with Crippen molar-refractivity contribution in [3.05, 3.63) is 12.3 Å². The average molecular weight is 153 g/mol. The third kappa shape index (κ3) is 2.00. The van der Waals surface area contributed by atoms with Crippen LogP contribution in [0.4, 0.5) is 0 Å². The van der Waals surface area contributed by atoms with Crippen molar-refractivity contribution in [2.45, 2.75) is 32.0 Å². The van der Waals surface area contributed by atoms with Gasteiger partial charge in [0.2, 0.25) is 0 Å². The van der Waals surface area contributed by atoms with Gasteiger partial charge in [0, 0.05) is 6.04 Å². The van der Waals surface area contributed by atoms with E-state index in [-0.39, 0.29) is 0 Å². The lowest BCUT2D eigenvalue weighted by Crippen LogP contribution is -2.28. The summed E-state index contributed by atoms with van der Waals surface area (Å²) in [7, 11) is -1.31. The van der Waals surface area contributed by atoms with Gasteiger partial charge in [-0.1, -0.05) is 25.9 Å². The van der Waals surface area contributed by atoms with Gasteiger partial charge >= 0.3 is 0 Å². The lowest BCUT2D eigenvalue weighted by atomic mass is 10.9. The standard InChI is InChI=1S/C8H15NSi/c1-4-10(5-2,6-3)8-7-9/h4H,1,5-6,8H2,2-3H3. The van der Waals surface area contributed by atoms with Gasteiger partial charge in [-0.25, -0.2) is 0 Å². The third-order valence-electron chi connectivity index (χ3n) is 2.27. The lowest BCUT2D eigenvalue weighted by molar-refractivity contribution is 1.24. The molecule has 0 aliphatic rings. The van der Waals surface area contributed by atoms with Crippen LogP contribution >= 0.6 is 0 Å². The van der Waals surface area contributed by atoms with Crippen molar-refractivity contribution in [3.8, 4) is 6.07 Å². The van der Waals surface area contributed by atoms with E-state index >= 15 is 0 Å². The van der Waals surface area contributed by atoms with Crippen LogP contribution in [0.1, 0.15) is 13.8 Å². The molecule has 0 saturated carbocycles. The molecule has 0 fully saturated rings. The Morgan fingerprint density at radius 1 is 1.50 bits per heavy atom. The molecule has 0 aliphatic carbocycles. The molecule has 10 heavy (non-hydrogen) atoms. The van der Waals surface area contributed by atoms with Crippen LogP contribution in [-0.2, 0) is 0 Å². The summed E-state index contributed by atoms with van der Waals surface area (Å²) in [6.45, 7) is 8.13. The Hall–Kier alpha value is -0.553. The first-order chi connectivity index (χ1) is 4.74. The fourth-order valence-electron chi connectivity index (χ4n) is 1.02. The first-order valence-corrected chi connectivity index (χ1v) is 6.45. The van der Waals surface area contributed by atoms with Crippen LogP contribution in [0, 0.1) is 11.3 Å². The molecule has 0 amide bonds. The van der Waals surface area contributed by atoms with Crippen molar-refractivity contribution < 1.29 is 0 Å². The highest BCUT2D eigenvalue weighted by Crippen LogP contribution is 2.20. The zero-order valence-corrected chi connectivity index (χ0v) is 7.85. The van der Waals surface area contributed by atoms with Gasteiger partial charge in [-0.05, 0) is 0 Å². The monoisotopic (exact) mass is 153 g/mol. The van der Waals surface area contributed by atoms with Crippen LogP contribution in [0.5, 0.6) is 0 Å². The van der Waals surface area contributed by atoms with Crippen molar-refractivity contribution in [3.63, 3.8) is 0 Å². The van der Waals surface area contributed by atoms with Crippen molar-refractivity contribution in [2.24, 2.45) is 0 Å². The minimum atomic E-state index is -1.31. The van der Waals surface area contributed by atoms with Gasteiger partial charge in [-0.15, -0.1) is 12.3 Å². The van der Waals surface area contributed by atoms with Gasteiger partial charge in [-0.2, -0.15) is 5.26 Å². The van der Waals surface area contributed by atoms with Gasteiger partial charge < -0.3 is 0 Å². The fourth-order valence-corrected chi connectivity index (χ4v) is 3.05. The summed E-state index contributed by atoms with van der Waals surface area (Å²) in [4.78, 5) is 0. The van der Waals surface area contributed by atoms with E-state index in [9.17, 15) is 0 Å². The second-order valence-corrected chi connectivity index (χ2v) is 7.51. The Morgan fingerprint density at radius 3 is 2.10 bits per heavy atom. The Morgan fingerprint density at radius 2 is 2.00 bits per heavy atom. The molecule has 0 atom stereocenters. The Bertz CT molecular complexity index is 142. The summed E-state index contributed by atoms with van der Waals surface area (Å²) in [5, 5.41) is 8.53. The predicted molar refractivity (Wildman–Crippen MR) is 47.3 cm³/mol. The van der Waals surface area contributed by atoms with Crippen LogP contribution < -0.4 is 0 Å². The Balaban J connectivity index is 4.18. The number of nitriles is 1. The van der Waals surface area contributed by atoms with Crippen molar-refractivity contribution in [2.75, 3.05) is 0 Å². The van der Waals surface area contributed by atoms with E-state index in [2.05, 4.69) is 32.2 Å². The molecule has 0 spiro atoms. The van der Waals surface area contributed by atoms with E-state index in [1.807, 2.05) is 0 Å². The van der Waals surface area contributed by atoms with Gasteiger partial charge in [0.1, 0.15) is 0 Å². The van der Waals surface area contributed by atoms with E-state index in [1.54, 1.807) is 0 Å². The highest BCUT2D eigenvalue weighted by molar-refractivity contribution is 6.84. The van der Waals surface area contributed by atoms with Crippen molar-refractivity contribution in [1.82, 2.24) is 0 Å². The van der Waals surface area contributed by atoms with Gasteiger partial charge in [0.25, 0.3) is 0 Å². The van der Waals surface area contributed by atoms with Crippen LogP contribution in [0.15, 0.2) is 12.3 Å². The molecule has 0 aromatic carbocycles. The fraction of sp³-hybridized carbons (Fsp3) is 0.625. The number of hydrogen-bond donors (Lipinski definition) is 0. The minimum absolute atomic E-state index is 0.740. The maximum absolute atomic E-state index is 8.53. The van der Waals surface area contributed by atoms with E-state index in [0.717, 1.165) is 18.1 Å². The second-order valence-electron chi connectivity index (χ2n) is 2.61. The van der Waals surface area contributed by atoms with E-state index in [0.29, 0.717) is 0 Å². The molecule has 0 aliphatic heterocycles. The molecule has 56 valence electrons. The van der Waals surface area contributed by atoms with Gasteiger partial charge in [0.05, 0.1) is 14.1 Å². The van der Waals surface area contributed by atoms with Crippen LogP contribution in [-0.4, -0.2) is 8.07 Å². The maximum Gasteiger partial charge on any atom is 0.0914 e. The zero-order chi connectivity index (χ0) is 8.04. The molecule has 0 aromatic heterocycles. The summed E-state index contributed by atoms with van der Waals surface area (Å²) >= 11 is 0. The van der Waals surface area contributed by atoms with Gasteiger partial charge in [-0.3, -0.25) is 0 Å². The molecule has 2 heteroatoms. The molecule has 0 N–H and O–H groups in total. The Kier molecular flexibility index (Phi) is 4.05. The summed E-state index contributed by atoms with van der Waals surface area (Å²) in [5.41, 5.74) is 2.05. The number of rotatable bonds is 4. The minimum Gasteiger partial charge on any atom is -0.199 e. The predicted octanol–water partition coefficient (Wildman–Crippen LogP) is 2.72. The number of nitrogens with zero attached hydrogens (tertiary/aromatic N) is 1. The Labute approximate surface area is 64.4 Å². The van der Waals surface area contributed by atoms with Crippen LogP contribution in [0.25, 0.3) is 0 Å². The quantitative estimate of drug-likeness (QED) is 0.570. The molecule has 0 rings (SSSR count). The molecule has 0 heterocycles. The summed E-state index contributed by atoms with van der Waals surface area (Å²) in [5.74, 6) is 0. The molecule has 0 unspecified atom stereocenters. The van der Waals surface area contributed by atoms with E-state index in [4.69, 9.17) is 5.26 Å². The van der Waals surface area contributed by atoms with E-state index in [1.165, 1.54) is 0 Å². The van der Waals surface area contributed by atoms with Gasteiger partial charge in [0.15, 0.2) is 0 Å². The smallest absolute Gasteiger partial charge is 0.0914 e. The van der Waals surface area contributed by atoms with Crippen molar-refractivity contribution in [1.29, 1.82) is 5.26 Å². The second kappa shape index (κ2) is 4.29. The summed E-state index contributed by atoms with van der Waals surface area (Å²) in [6, 6.07) is 5.30. The molecule has 0 radical (unpaired) electrons. The maximum atomic E-state index is 8.53. The third-order valence-corrected chi connectivity index (χ3v) is 6.82. The molecular formula is C8H15NSi. The van der Waals surface area contributed by atoms with Crippen LogP contribution in [0.3, 0.4) is 0 Å². The first-order valence-electron chi connectivity index (χ1n) is 3.75. The van der Waals surface area contributed by atoms with Crippen LogP contribution in [0.2, 0.25) is 18.1 Å². The molecule has 0 aromatic rings. The SMILES string of the molecule is C=C[Si](CC)(CC)CC#N. The average Bonchev–Trinajstić information content (AvgIpc) is 2.01. The summed E-state index contributed by atoms with van der Waals surface area (Å²) < 4.78 is 0. The highest BCUT2D eigenvalue weighted by atomic mass is 28.3. The first kappa shape index (κ1) is 9.45. The lowest BCUT2D eigenvalue weighted by Gasteiger charge is -2.20. The normalized spacial score (nSPS) is 10.5. The molecule has 0 saturated heterocycles. The van der Waals surface area contributed by atoms with E-state index < -0.39 is 8.07 Å². The number of hydrogen-bond acceptors (Lipinski definition) is 1. The van der Waals surface area contributed by atoms with Crippen molar-refractivity contribution >= 4 is 8.07 Å². The summed E-state index contributed by atoms with van der Waals surface area (Å²) in [6.07, 6.45) is 0. The topological polar surface area (TPSA) is 23.8 Å². The molecular weight excluding hydrogens is 138 g/mol. The zero-order valence-electron chi connectivity index (χ0n) is 6.85.